The summed E-state index contributed by atoms with van der Waals surface area (Å²) < 4.78 is 28.3. The van der Waals surface area contributed by atoms with Crippen molar-refractivity contribution in [3.63, 3.8) is 0 Å². The van der Waals surface area contributed by atoms with Crippen LogP contribution in [0.2, 0.25) is 0 Å². The van der Waals surface area contributed by atoms with Gasteiger partial charge in [0.2, 0.25) is 11.8 Å². The summed E-state index contributed by atoms with van der Waals surface area (Å²) in [4.78, 5) is 29.4. The molecule has 218 valence electrons. The summed E-state index contributed by atoms with van der Waals surface area (Å²) in [6.45, 7) is 4.98. The van der Waals surface area contributed by atoms with E-state index >= 15 is 0 Å². The highest BCUT2D eigenvalue weighted by Crippen LogP contribution is 2.42. The maximum atomic E-state index is 13.9. The summed E-state index contributed by atoms with van der Waals surface area (Å²) in [5, 5.41) is 4.59. The molecule has 7 nitrogen and oxygen atoms in total. The van der Waals surface area contributed by atoms with Crippen LogP contribution >= 0.6 is 0 Å². The van der Waals surface area contributed by atoms with E-state index in [9.17, 15) is 18.0 Å². The van der Waals surface area contributed by atoms with Gasteiger partial charge in [-0.1, -0.05) is 91.3 Å². The molecule has 1 aliphatic heterocycles. The Bertz CT molecular complexity index is 1670. The minimum atomic E-state index is -3.71. The molecule has 4 aromatic rings. The van der Waals surface area contributed by atoms with E-state index in [0.717, 1.165) is 33.9 Å². The van der Waals surface area contributed by atoms with Crippen molar-refractivity contribution in [2.75, 3.05) is 17.4 Å². The number of carbonyl (C=O) groups excluding carboxylic acids is 2. The number of carbonyl (C=O) groups is 2. The maximum absolute atomic E-state index is 13.9. The third-order valence-corrected chi connectivity index (χ3v) is 9.58. The second-order valence-electron chi connectivity index (χ2n) is 10.8. The van der Waals surface area contributed by atoms with Crippen LogP contribution in [0, 0.1) is 6.92 Å². The van der Waals surface area contributed by atoms with E-state index in [-0.39, 0.29) is 31.3 Å². The zero-order valence-electron chi connectivity index (χ0n) is 24.1. The van der Waals surface area contributed by atoms with E-state index in [1.165, 1.54) is 4.31 Å². The standard InChI is InChI=1S/C34H37N3O4S/c1-3-21-35-34(39)30(23-26-10-5-4-6-11-26)36(24-27-19-17-25(2)18-20-27)32(38)16-9-22-37-29-14-7-12-28-13-8-15-31(33(28)29)42(37,40)41/h4-8,10-15,17-20,30H,3,9,16,21-24H2,1-2H3,(H,35,39)/t30-/m0/s1. The molecule has 0 saturated carbocycles. The lowest BCUT2D eigenvalue weighted by Crippen LogP contribution is -2.50. The highest BCUT2D eigenvalue weighted by Gasteiger charge is 2.36. The second kappa shape index (κ2) is 12.8. The van der Waals surface area contributed by atoms with E-state index in [1.807, 2.05) is 92.7 Å². The minimum Gasteiger partial charge on any atom is -0.354 e. The molecule has 1 N–H and O–H groups in total. The largest absolute Gasteiger partial charge is 0.354 e. The van der Waals surface area contributed by atoms with Gasteiger partial charge in [-0.05, 0) is 48.4 Å². The lowest BCUT2D eigenvalue weighted by molar-refractivity contribution is -0.141. The zero-order chi connectivity index (χ0) is 29.7. The van der Waals surface area contributed by atoms with Crippen molar-refractivity contribution in [1.29, 1.82) is 0 Å². The fraction of sp³-hybridized carbons (Fsp3) is 0.294. The van der Waals surface area contributed by atoms with Crippen LogP contribution in [-0.2, 0) is 32.6 Å². The molecule has 0 unspecified atom stereocenters. The Hall–Kier alpha value is -4.17. The molecule has 2 amide bonds. The third-order valence-electron chi connectivity index (χ3n) is 7.73. The van der Waals surface area contributed by atoms with Gasteiger partial charge in [0.15, 0.2) is 0 Å². The number of sulfonamides is 1. The fourth-order valence-electron chi connectivity index (χ4n) is 5.53. The molecule has 0 saturated heterocycles. The Morgan fingerprint density at radius 1 is 0.881 bits per heavy atom. The molecule has 4 aromatic carbocycles. The molecular weight excluding hydrogens is 546 g/mol. The number of amides is 2. The van der Waals surface area contributed by atoms with Gasteiger partial charge in [0.05, 0.1) is 10.6 Å². The topological polar surface area (TPSA) is 86.8 Å². The van der Waals surface area contributed by atoms with Gasteiger partial charge in [-0.25, -0.2) is 8.42 Å². The Kier molecular flexibility index (Phi) is 8.92. The summed E-state index contributed by atoms with van der Waals surface area (Å²) in [5.41, 5.74) is 3.65. The molecule has 0 aliphatic carbocycles. The number of anilines is 1. The average Bonchev–Trinajstić information content (AvgIpc) is 3.22. The Morgan fingerprint density at radius 3 is 2.31 bits per heavy atom. The molecule has 1 heterocycles. The van der Waals surface area contributed by atoms with Crippen LogP contribution < -0.4 is 9.62 Å². The number of nitrogens with zero attached hydrogens (tertiary/aromatic N) is 2. The van der Waals surface area contributed by atoms with Crippen molar-refractivity contribution >= 4 is 38.3 Å². The third kappa shape index (κ3) is 6.19. The normalized spacial score (nSPS) is 14.1. The number of hydrogen-bond donors (Lipinski definition) is 1. The van der Waals surface area contributed by atoms with Crippen LogP contribution in [0.3, 0.4) is 0 Å². The van der Waals surface area contributed by atoms with Crippen molar-refractivity contribution in [3.8, 4) is 0 Å². The fourth-order valence-corrected chi connectivity index (χ4v) is 7.28. The van der Waals surface area contributed by atoms with Gasteiger partial charge in [-0.3, -0.25) is 13.9 Å². The molecule has 0 radical (unpaired) electrons. The first kappa shape index (κ1) is 29.3. The van der Waals surface area contributed by atoms with Crippen LogP contribution in [0.1, 0.15) is 42.9 Å². The maximum Gasteiger partial charge on any atom is 0.265 e. The molecule has 42 heavy (non-hydrogen) atoms. The summed E-state index contributed by atoms with van der Waals surface area (Å²) >= 11 is 0. The highest BCUT2D eigenvalue weighted by molar-refractivity contribution is 7.93. The predicted octanol–water partition coefficient (Wildman–Crippen LogP) is 5.60. The Morgan fingerprint density at radius 2 is 1.60 bits per heavy atom. The van der Waals surface area contributed by atoms with Gasteiger partial charge >= 0.3 is 0 Å². The van der Waals surface area contributed by atoms with E-state index in [4.69, 9.17) is 0 Å². The van der Waals surface area contributed by atoms with Crippen LogP contribution in [-0.4, -0.2) is 44.3 Å². The summed E-state index contributed by atoms with van der Waals surface area (Å²) in [6, 6.07) is 27.8. The summed E-state index contributed by atoms with van der Waals surface area (Å²) in [6.07, 6.45) is 1.60. The minimum absolute atomic E-state index is 0.108. The molecule has 5 rings (SSSR count). The quantitative estimate of drug-likeness (QED) is 0.235. The number of hydrogen-bond acceptors (Lipinski definition) is 4. The summed E-state index contributed by atoms with van der Waals surface area (Å²) in [5.74, 6) is -0.374. The first-order valence-electron chi connectivity index (χ1n) is 14.5. The molecule has 8 heteroatoms. The van der Waals surface area contributed by atoms with Crippen molar-refractivity contribution in [2.24, 2.45) is 0 Å². The molecule has 1 atom stereocenters. The molecule has 1 aliphatic rings. The lowest BCUT2D eigenvalue weighted by atomic mass is 10.0. The van der Waals surface area contributed by atoms with E-state index < -0.39 is 16.1 Å². The number of rotatable bonds is 12. The molecule has 0 aromatic heterocycles. The van der Waals surface area contributed by atoms with Gasteiger partial charge in [-0.2, -0.15) is 0 Å². The first-order valence-corrected chi connectivity index (χ1v) is 15.9. The van der Waals surface area contributed by atoms with Gasteiger partial charge in [-0.15, -0.1) is 0 Å². The van der Waals surface area contributed by atoms with E-state index in [2.05, 4.69) is 5.32 Å². The van der Waals surface area contributed by atoms with Crippen molar-refractivity contribution < 1.29 is 18.0 Å². The lowest BCUT2D eigenvalue weighted by Gasteiger charge is -2.32. The van der Waals surface area contributed by atoms with Crippen LogP contribution in [0.15, 0.2) is 95.9 Å². The molecule has 0 bridgehead atoms. The predicted molar refractivity (Wildman–Crippen MR) is 167 cm³/mol. The Balaban J connectivity index is 1.38. The van der Waals surface area contributed by atoms with Gasteiger partial charge in [0.1, 0.15) is 6.04 Å². The molecule has 0 fully saturated rings. The monoisotopic (exact) mass is 583 g/mol. The van der Waals surface area contributed by atoms with E-state index in [0.29, 0.717) is 30.0 Å². The zero-order valence-corrected chi connectivity index (χ0v) is 24.9. The highest BCUT2D eigenvalue weighted by atomic mass is 32.2. The number of benzene rings is 4. The second-order valence-corrected chi connectivity index (χ2v) is 12.6. The number of nitrogens with one attached hydrogen (secondary N) is 1. The van der Waals surface area contributed by atoms with Crippen molar-refractivity contribution in [1.82, 2.24) is 10.2 Å². The molecule has 0 spiro atoms. The average molecular weight is 584 g/mol. The van der Waals surface area contributed by atoms with Gasteiger partial charge < -0.3 is 10.2 Å². The Labute approximate surface area is 248 Å². The van der Waals surface area contributed by atoms with Crippen LogP contribution in [0.25, 0.3) is 10.8 Å². The van der Waals surface area contributed by atoms with Crippen LogP contribution in [0.4, 0.5) is 5.69 Å². The van der Waals surface area contributed by atoms with E-state index in [1.54, 1.807) is 17.0 Å². The SMILES string of the molecule is CCCNC(=O)[C@H](Cc1ccccc1)N(Cc1ccc(C)cc1)C(=O)CCCN1c2cccc3cccc(c23)S1(=O)=O. The van der Waals surface area contributed by atoms with Crippen LogP contribution in [0.5, 0.6) is 0 Å². The van der Waals surface area contributed by atoms with Gasteiger partial charge in [0, 0.05) is 37.9 Å². The first-order chi connectivity index (χ1) is 20.3. The smallest absolute Gasteiger partial charge is 0.265 e. The van der Waals surface area contributed by atoms with Crippen molar-refractivity contribution in [3.05, 3.63) is 108 Å². The molecular formula is C34H37N3O4S. The van der Waals surface area contributed by atoms with Crippen molar-refractivity contribution in [2.45, 2.75) is 57.0 Å². The number of aryl methyl sites for hydroxylation is 1. The van der Waals surface area contributed by atoms with Gasteiger partial charge in [0.25, 0.3) is 10.0 Å². The summed E-state index contributed by atoms with van der Waals surface area (Å²) in [7, 11) is -3.71.